The normalized spacial score (nSPS) is 17.6. The number of amides is 1. The third-order valence-corrected chi connectivity index (χ3v) is 5.34. The fourth-order valence-corrected chi connectivity index (χ4v) is 4.29. The molecule has 0 radical (unpaired) electrons. The summed E-state index contributed by atoms with van der Waals surface area (Å²) in [5, 5.41) is 1.93. The highest BCUT2D eigenvalue weighted by molar-refractivity contribution is 8.00. The topological polar surface area (TPSA) is 33.2 Å². The van der Waals surface area contributed by atoms with Crippen LogP contribution in [0.15, 0.2) is 35.2 Å². The molecule has 2 aromatic rings. The number of carbonyl (C=O) groups is 1. The lowest BCUT2D eigenvalue weighted by molar-refractivity contribution is -0.130. The van der Waals surface area contributed by atoms with Crippen molar-refractivity contribution in [3.8, 4) is 0 Å². The summed E-state index contributed by atoms with van der Waals surface area (Å²) < 4.78 is 0. The van der Waals surface area contributed by atoms with E-state index in [2.05, 4.69) is 23.2 Å². The molecule has 0 saturated heterocycles. The second-order valence-electron chi connectivity index (χ2n) is 4.87. The quantitative estimate of drug-likeness (QED) is 0.873. The van der Waals surface area contributed by atoms with Crippen LogP contribution in [0.3, 0.4) is 0 Å². The van der Waals surface area contributed by atoms with Crippen LogP contribution in [0.4, 0.5) is 0 Å². The standard InChI is InChI=1S/C15H16N2OS2/c1-17(8-12-9-19-10-16-12)15(18)14-13-5-3-2-4-11(13)6-7-20-14/h2-5,9-10,14H,6-8H2,1H3. The molecule has 1 atom stereocenters. The Hall–Kier alpha value is -1.33. The molecule has 0 N–H and O–H groups in total. The summed E-state index contributed by atoms with van der Waals surface area (Å²) in [6, 6.07) is 8.29. The van der Waals surface area contributed by atoms with Crippen molar-refractivity contribution in [2.24, 2.45) is 0 Å². The van der Waals surface area contributed by atoms with Crippen LogP contribution in [0.1, 0.15) is 22.1 Å². The van der Waals surface area contributed by atoms with Crippen LogP contribution in [0.25, 0.3) is 0 Å². The first kappa shape index (κ1) is 13.6. The summed E-state index contributed by atoms with van der Waals surface area (Å²) in [7, 11) is 1.86. The zero-order valence-electron chi connectivity index (χ0n) is 11.3. The Morgan fingerprint density at radius 3 is 3.10 bits per heavy atom. The van der Waals surface area contributed by atoms with Crippen molar-refractivity contribution in [3.63, 3.8) is 0 Å². The Bertz CT molecular complexity index is 598. The zero-order chi connectivity index (χ0) is 13.9. The molecule has 0 spiro atoms. The largest absolute Gasteiger partial charge is 0.339 e. The van der Waals surface area contributed by atoms with E-state index in [1.165, 1.54) is 11.1 Å². The maximum atomic E-state index is 12.7. The lowest BCUT2D eigenvalue weighted by Crippen LogP contribution is -2.32. The third kappa shape index (κ3) is 2.74. The van der Waals surface area contributed by atoms with Crippen molar-refractivity contribution in [3.05, 3.63) is 52.0 Å². The second-order valence-corrected chi connectivity index (χ2v) is 6.81. The third-order valence-electron chi connectivity index (χ3n) is 3.48. The molecule has 1 aromatic heterocycles. The van der Waals surface area contributed by atoms with Gasteiger partial charge in [-0.25, -0.2) is 4.98 Å². The number of likely N-dealkylation sites (N-methyl/N-ethyl adjacent to an activating group) is 1. The van der Waals surface area contributed by atoms with Gasteiger partial charge in [0.1, 0.15) is 5.25 Å². The molecule has 1 unspecified atom stereocenters. The van der Waals surface area contributed by atoms with Crippen molar-refractivity contribution < 1.29 is 4.79 Å². The van der Waals surface area contributed by atoms with E-state index in [0.29, 0.717) is 6.54 Å². The number of rotatable bonds is 3. The van der Waals surface area contributed by atoms with Crippen LogP contribution in [0, 0.1) is 0 Å². The Balaban J connectivity index is 1.77. The summed E-state index contributed by atoms with van der Waals surface area (Å²) in [6.07, 6.45) is 1.06. The summed E-state index contributed by atoms with van der Waals surface area (Å²) >= 11 is 3.31. The first-order valence-corrected chi connectivity index (χ1v) is 8.56. The second kappa shape index (κ2) is 5.97. The zero-order valence-corrected chi connectivity index (χ0v) is 12.9. The van der Waals surface area contributed by atoms with Crippen LogP contribution in [0.2, 0.25) is 0 Å². The highest BCUT2D eigenvalue weighted by atomic mass is 32.2. The molecule has 1 amide bonds. The van der Waals surface area contributed by atoms with Gasteiger partial charge in [0.15, 0.2) is 0 Å². The molecule has 3 nitrogen and oxygen atoms in total. The average Bonchev–Trinajstić information content (AvgIpc) is 2.99. The highest BCUT2D eigenvalue weighted by Gasteiger charge is 2.29. The van der Waals surface area contributed by atoms with E-state index < -0.39 is 0 Å². The minimum absolute atomic E-state index is 0.0661. The number of hydrogen-bond donors (Lipinski definition) is 0. The predicted octanol–water partition coefficient (Wildman–Crippen LogP) is 3.13. The average molecular weight is 304 g/mol. The first-order chi connectivity index (χ1) is 9.75. The summed E-state index contributed by atoms with van der Waals surface area (Å²) in [4.78, 5) is 18.7. The highest BCUT2D eigenvalue weighted by Crippen LogP contribution is 2.37. The molecule has 0 saturated carbocycles. The number of aromatic nitrogens is 1. The van der Waals surface area contributed by atoms with Crippen molar-refractivity contribution in [2.45, 2.75) is 18.2 Å². The van der Waals surface area contributed by atoms with Gasteiger partial charge in [0.25, 0.3) is 0 Å². The fraction of sp³-hybridized carbons (Fsp3) is 0.333. The van der Waals surface area contributed by atoms with Gasteiger partial charge in [-0.2, -0.15) is 0 Å². The van der Waals surface area contributed by atoms with E-state index in [0.717, 1.165) is 17.9 Å². The van der Waals surface area contributed by atoms with E-state index >= 15 is 0 Å². The molecule has 104 valence electrons. The van der Waals surface area contributed by atoms with Gasteiger partial charge in [-0.05, 0) is 23.3 Å². The maximum absolute atomic E-state index is 12.7. The number of hydrogen-bond acceptors (Lipinski definition) is 4. The Labute approximate surface area is 127 Å². The molecule has 5 heteroatoms. The van der Waals surface area contributed by atoms with Gasteiger partial charge in [0, 0.05) is 12.4 Å². The Kier molecular flexibility index (Phi) is 4.08. The smallest absolute Gasteiger partial charge is 0.240 e. The number of nitrogens with zero attached hydrogens (tertiary/aromatic N) is 2. The molecule has 0 fully saturated rings. The van der Waals surface area contributed by atoms with Gasteiger partial charge in [-0.1, -0.05) is 24.3 Å². The van der Waals surface area contributed by atoms with Gasteiger partial charge in [0.2, 0.25) is 5.91 Å². The van der Waals surface area contributed by atoms with Crippen LogP contribution in [0.5, 0.6) is 0 Å². The van der Waals surface area contributed by atoms with Crippen molar-refractivity contribution in [1.82, 2.24) is 9.88 Å². The Morgan fingerprint density at radius 1 is 1.45 bits per heavy atom. The number of benzene rings is 1. The summed E-state index contributed by atoms with van der Waals surface area (Å²) in [5.41, 5.74) is 5.25. The number of fused-ring (bicyclic) bond motifs is 1. The fourth-order valence-electron chi connectivity index (χ4n) is 2.44. The molecular weight excluding hydrogens is 288 g/mol. The minimum Gasteiger partial charge on any atom is -0.339 e. The molecule has 0 aliphatic carbocycles. The molecule has 0 bridgehead atoms. The summed E-state index contributed by atoms with van der Waals surface area (Å²) in [5.74, 6) is 1.19. The lowest BCUT2D eigenvalue weighted by Gasteiger charge is -2.28. The number of aryl methyl sites for hydroxylation is 1. The molecule has 20 heavy (non-hydrogen) atoms. The SMILES string of the molecule is CN(Cc1cscn1)C(=O)C1SCCc2ccccc21. The van der Waals surface area contributed by atoms with E-state index in [9.17, 15) is 4.79 Å². The van der Waals surface area contributed by atoms with Gasteiger partial charge in [-0.15, -0.1) is 23.1 Å². The number of thioether (sulfide) groups is 1. The Morgan fingerprint density at radius 2 is 2.30 bits per heavy atom. The predicted molar refractivity (Wildman–Crippen MR) is 83.9 cm³/mol. The first-order valence-electron chi connectivity index (χ1n) is 6.57. The van der Waals surface area contributed by atoms with Crippen LogP contribution in [-0.2, 0) is 17.8 Å². The number of thiazole rings is 1. The van der Waals surface area contributed by atoms with Gasteiger partial charge < -0.3 is 4.90 Å². The van der Waals surface area contributed by atoms with E-state index in [1.807, 2.05) is 18.5 Å². The maximum Gasteiger partial charge on any atom is 0.240 e. The van der Waals surface area contributed by atoms with Crippen molar-refractivity contribution in [1.29, 1.82) is 0 Å². The minimum atomic E-state index is -0.0661. The summed E-state index contributed by atoms with van der Waals surface area (Å²) in [6.45, 7) is 0.585. The molecule has 1 aromatic carbocycles. The van der Waals surface area contributed by atoms with Gasteiger partial charge in [-0.3, -0.25) is 4.79 Å². The van der Waals surface area contributed by atoms with E-state index in [-0.39, 0.29) is 11.2 Å². The van der Waals surface area contributed by atoms with Gasteiger partial charge in [0.05, 0.1) is 17.7 Å². The van der Waals surface area contributed by atoms with Crippen LogP contribution >= 0.6 is 23.1 Å². The molecule has 2 heterocycles. The molecular formula is C15H16N2OS2. The number of carbonyl (C=O) groups excluding carboxylic acids is 1. The van der Waals surface area contributed by atoms with Crippen LogP contribution < -0.4 is 0 Å². The van der Waals surface area contributed by atoms with E-state index in [4.69, 9.17) is 0 Å². The van der Waals surface area contributed by atoms with Crippen molar-refractivity contribution in [2.75, 3.05) is 12.8 Å². The molecule has 1 aliphatic rings. The van der Waals surface area contributed by atoms with Gasteiger partial charge >= 0.3 is 0 Å². The molecule has 1 aliphatic heterocycles. The van der Waals surface area contributed by atoms with Crippen molar-refractivity contribution >= 4 is 29.0 Å². The lowest BCUT2D eigenvalue weighted by atomic mass is 10.0. The van der Waals surface area contributed by atoms with E-state index in [1.54, 1.807) is 33.5 Å². The van der Waals surface area contributed by atoms with Crippen LogP contribution in [-0.4, -0.2) is 28.6 Å². The molecule has 3 rings (SSSR count). The monoisotopic (exact) mass is 304 g/mol.